The molecule has 4 nitrogen and oxygen atoms in total. The molecule has 0 bridgehead atoms. The fourth-order valence-corrected chi connectivity index (χ4v) is 0.787. The third-order valence-corrected chi connectivity index (χ3v) is 1.56. The molecular formula is C8H15N3O. The molecule has 0 aromatic rings. The predicted molar refractivity (Wildman–Crippen MR) is 48.9 cm³/mol. The number of nitrogens with two attached hydrogens (primary N) is 1. The van der Waals surface area contributed by atoms with Crippen LogP contribution in [0.15, 0.2) is 5.16 Å². The Balaban J connectivity index is 3.66. The van der Waals surface area contributed by atoms with Crippen LogP contribution in [0.5, 0.6) is 0 Å². The number of oxime groups is 1. The summed E-state index contributed by atoms with van der Waals surface area (Å²) in [6, 6.07) is 0.246. The van der Waals surface area contributed by atoms with Crippen LogP contribution in [0.1, 0.15) is 19.8 Å². The lowest BCUT2D eigenvalue weighted by Gasteiger charge is -2.12. The van der Waals surface area contributed by atoms with Gasteiger partial charge in [0.05, 0.1) is 6.54 Å². The number of nitrogens with zero attached hydrogens (tertiary/aromatic N) is 1. The SMILES string of the molecule is C#CCC(CC)NCC(N)=NO. The van der Waals surface area contributed by atoms with Gasteiger partial charge in [-0.15, -0.1) is 12.3 Å². The summed E-state index contributed by atoms with van der Waals surface area (Å²) >= 11 is 0. The van der Waals surface area contributed by atoms with Gasteiger partial charge in [-0.25, -0.2) is 0 Å². The van der Waals surface area contributed by atoms with Crippen LogP contribution in [-0.2, 0) is 0 Å². The van der Waals surface area contributed by atoms with E-state index in [9.17, 15) is 0 Å². The summed E-state index contributed by atoms with van der Waals surface area (Å²) < 4.78 is 0. The predicted octanol–water partition coefficient (Wildman–Crippen LogP) is 0.124. The van der Waals surface area contributed by atoms with Crippen molar-refractivity contribution in [2.45, 2.75) is 25.8 Å². The van der Waals surface area contributed by atoms with Crippen LogP contribution < -0.4 is 11.1 Å². The van der Waals surface area contributed by atoms with E-state index in [1.807, 2.05) is 6.92 Å². The van der Waals surface area contributed by atoms with Gasteiger partial charge in [0.1, 0.15) is 0 Å². The highest BCUT2D eigenvalue weighted by atomic mass is 16.4. The van der Waals surface area contributed by atoms with Gasteiger partial charge in [0.2, 0.25) is 0 Å². The highest BCUT2D eigenvalue weighted by molar-refractivity contribution is 5.81. The second-order valence-electron chi connectivity index (χ2n) is 2.49. The standard InChI is InChI=1S/C8H15N3O/c1-3-5-7(4-2)10-6-8(9)11-12/h1,7,10,12H,4-6H2,2H3,(H2,9,11). The first-order valence-electron chi connectivity index (χ1n) is 3.87. The second-order valence-corrected chi connectivity index (χ2v) is 2.49. The van der Waals surface area contributed by atoms with E-state index in [0.717, 1.165) is 6.42 Å². The summed E-state index contributed by atoms with van der Waals surface area (Å²) in [5.74, 6) is 2.73. The topological polar surface area (TPSA) is 70.6 Å². The molecule has 0 radical (unpaired) electrons. The van der Waals surface area contributed by atoms with Crippen LogP contribution in [0, 0.1) is 12.3 Å². The van der Waals surface area contributed by atoms with E-state index in [1.165, 1.54) is 0 Å². The zero-order chi connectivity index (χ0) is 9.40. The van der Waals surface area contributed by atoms with Gasteiger partial charge in [0.15, 0.2) is 5.84 Å². The van der Waals surface area contributed by atoms with Gasteiger partial charge in [-0.2, -0.15) is 0 Å². The number of rotatable bonds is 5. The lowest BCUT2D eigenvalue weighted by Crippen LogP contribution is -2.36. The summed E-state index contributed by atoms with van der Waals surface area (Å²) in [4.78, 5) is 0. The van der Waals surface area contributed by atoms with Crippen LogP contribution in [0.3, 0.4) is 0 Å². The van der Waals surface area contributed by atoms with Crippen molar-refractivity contribution in [2.24, 2.45) is 10.9 Å². The number of nitrogens with one attached hydrogen (secondary N) is 1. The molecule has 0 rings (SSSR count). The van der Waals surface area contributed by atoms with Crippen LogP contribution in [0.25, 0.3) is 0 Å². The van der Waals surface area contributed by atoms with Crippen LogP contribution in [0.2, 0.25) is 0 Å². The molecule has 0 saturated carbocycles. The largest absolute Gasteiger partial charge is 0.409 e. The third kappa shape index (κ3) is 4.58. The van der Waals surface area contributed by atoms with Gasteiger partial charge in [0, 0.05) is 12.5 Å². The Morgan fingerprint density at radius 2 is 2.50 bits per heavy atom. The van der Waals surface area contributed by atoms with Crippen LogP contribution in [-0.4, -0.2) is 23.6 Å². The molecule has 0 aliphatic carbocycles. The first-order chi connectivity index (χ1) is 5.74. The Morgan fingerprint density at radius 3 is 2.92 bits per heavy atom. The molecular weight excluding hydrogens is 154 g/mol. The van der Waals surface area contributed by atoms with Crippen LogP contribution >= 0.6 is 0 Å². The van der Waals surface area contributed by atoms with Gasteiger partial charge in [-0.05, 0) is 6.42 Å². The Labute approximate surface area is 72.8 Å². The Morgan fingerprint density at radius 1 is 1.83 bits per heavy atom. The molecule has 0 aromatic carbocycles. The summed E-state index contributed by atoms with van der Waals surface area (Å²) in [5, 5.41) is 14.1. The monoisotopic (exact) mass is 169 g/mol. The Kier molecular flexibility index (Phi) is 5.84. The van der Waals surface area contributed by atoms with Crippen molar-refractivity contribution in [3.8, 4) is 12.3 Å². The molecule has 0 fully saturated rings. The summed E-state index contributed by atoms with van der Waals surface area (Å²) in [7, 11) is 0. The molecule has 4 N–H and O–H groups in total. The molecule has 0 amide bonds. The molecule has 0 aromatic heterocycles. The second kappa shape index (κ2) is 6.50. The molecule has 0 spiro atoms. The molecule has 0 aliphatic heterocycles. The highest BCUT2D eigenvalue weighted by Crippen LogP contribution is 1.94. The van der Waals surface area contributed by atoms with E-state index in [1.54, 1.807) is 0 Å². The minimum absolute atomic E-state index is 0.172. The van der Waals surface area contributed by atoms with Crippen molar-refractivity contribution < 1.29 is 5.21 Å². The minimum Gasteiger partial charge on any atom is -0.409 e. The van der Waals surface area contributed by atoms with Crippen molar-refractivity contribution in [1.29, 1.82) is 0 Å². The van der Waals surface area contributed by atoms with Gasteiger partial charge in [0.25, 0.3) is 0 Å². The van der Waals surface area contributed by atoms with Gasteiger partial charge >= 0.3 is 0 Å². The molecule has 1 unspecified atom stereocenters. The quantitative estimate of drug-likeness (QED) is 0.180. The maximum atomic E-state index is 8.23. The first-order valence-corrected chi connectivity index (χ1v) is 3.87. The number of hydrogen-bond donors (Lipinski definition) is 3. The molecule has 0 aliphatic rings. The van der Waals surface area contributed by atoms with Crippen molar-refractivity contribution in [3.63, 3.8) is 0 Å². The average molecular weight is 169 g/mol. The molecule has 4 heteroatoms. The zero-order valence-electron chi connectivity index (χ0n) is 7.25. The summed E-state index contributed by atoms with van der Waals surface area (Å²) in [6.07, 6.45) is 6.74. The number of amidine groups is 1. The summed E-state index contributed by atoms with van der Waals surface area (Å²) in [6.45, 7) is 2.40. The molecule has 12 heavy (non-hydrogen) atoms. The minimum atomic E-state index is 0.172. The molecule has 0 saturated heterocycles. The molecule has 1 atom stereocenters. The Bertz CT molecular complexity index is 183. The van der Waals surface area contributed by atoms with Crippen molar-refractivity contribution in [1.82, 2.24) is 5.32 Å². The first kappa shape index (κ1) is 10.8. The van der Waals surface area contributed by atoms with E-state index in [-0.39, 0.29) is 11.9 Å². The Hall–Kier alpha value is -1.21. The van der Waals surface area contributed by atoms with E-state index < -0.39 is 0 Å². The zero-order valence-corrected chi connectivity index (χ0v) is 7.25. The van der Waals surface area contributed by atoms with E-state index >= 15 is 0 Å². The highest BCUT2D eigenvalue weighted by Gasteiger charge is 2.03. The number of hydrogen-bond acceptors (Lipinski definition) is 3. The van der Waals surface area contributed by atoms with Crippen molar-refractivity contribution in [3.05, 3.63) is 0 Å². The molecule has 0 heterocycles. The molecule has 68 valence electrons. The van der Waals surface area contributed by atoms with E-state index in [4.69, 9.17) is 17.4 Å². The summed E-state index contributed by atoms with van der Waals surface area (Å²) in [5.41, 5.74) is 5.26. The smallest absolute Gasteiger partial charge is 0.153 e. The lowest BCUT2D eigenvalue weighted by atomic mass is 10.1. The van der Waals surface area contributed by atoms with Gasteiger partial charge in [-0.1, -0.05) is 12.1 Å². The van der Waals surface area contributed by atoms with Gasteiger partial charge in [-0.3, -0.25) is 0 Å². The average Bonchev–Trinajstić information content (AvgIpc) is 2.11. The van der Waals surface area contributed by atoms with Crippen molar-refractivity contribution >= 4 is 5.84 Å². The fourth-order valence-electron chi connectivity index (χ4n) is 0.787. The van der Waals surface area contributed by atoms with Gasteiger partial charge < -0.3 is 16.3 Å². The third-order valence-electron chi connectivity index (χ3n) is 1.56. The van der Waals surface area contributed by atoms with E-state index in [2.05, 4.69) is 16.4 Å². The number of terminal acetylenes is 1. The normalized spacial score (nSPS) is 13.8. The maximum Gasteiger partial charge on any atom is 0.153 e. The maximum absolute atomic E-state index is 8.23. The van der Waals surface area contributed by atoms with E-state index in [0.29, 0.717) is 13.0 Å². The van der Waals surface area contributed by atoms with Crippen molar-refractivity contribution in [2.75, 3.05) is 6.54 Å². The lowest BCUT2D eigenvalue weighted by molar-refractivity contribution is 0.316. The fraction of sp³-hybridized carbons (Fsp3) is 0.625. The van der Waals surface area contributed by atoms with Crippen LogP contribution in [0.4, 0.5) is 0 Å².